The summed E-state index contributed by atoms with van der Waals surface area (Å²) in [5.74, 6) is -3.20. The topological polar surface area (TPSA) is 74.2 Å². The molecule has 1 aromatic carbocycles. The highest BCUT2D eigenvalue weighted by Gasteiger charge is 2.52. The summed E-state index contributed by atoms with van der Waals surface area (Å²) in [6.45, 7) is 7.90. The van der Waals surface area contributed by atoms with E-state index < -0.39 is 54.4 Å². The van der Waals surface area contributed by atoms with Gasteiger partial charge in [-0.25, -0.2) is 8.78 Å². The fourth-order valence-electron chi connectivity index (χ4n) is 2.51. The maximum Gasteiger partial charge on any atom is 0.495 e. The molecule has 1 unspecified atom stereocenters. The highest BCUT2D eigenvalue weighted by Crippen LogP contribution is 2.37. The highest BCUT2D eigenvalue weighted by molar-refractivity contribution is 6.62. The lowest BCUT2D eigenvalue weighted by atomic mass is 9.74. The zero-order chi connectivity index (χ0) is 19.9. The summed E-state index contributed by atoms with van der Waals surface area (Å²) in [7, 11) is 0.118. The normalized spacial score (nSPS) is 19.5. The van der Waals surface area contributed by atoms with Gasteiger partial charge in [-0.15, -0.1) is 0 Å². The van der Waals surface area contributed by atoms with Crippen LogP contribution in [-0.2, 0) is 30.2 Å². The van der Waals surface area contributed by atoms with Crippen LogP contribution in [0.1, 0.15) is 52.0 Å². The Balaban J connectivity index is 2.57. The molecule has 1 aliphatic rings. The maximum atomic E-state index is 14.7. The molecule has 1 N–H and O–H groups in total. The lowest BCUT2D eigenvalue weighted by Gasteiger charge is -2.32. The first kappa shape index (κ1) is 20.8. The summed E-state index contributed by atoms with van der Waals surface area (Å²) in [6, 6.07) is 1.20. The Morgan fingerprint density at radius 1 is 1.23 bits per heavy atom. The minimum Gasteiger partial charge on any atom is -0.461 e. The SMILES string of the molecule is COC(O)c1cc(B2OC(C)(C)C(C)(C)O2)c(COC(C)=O)c(F)c1F. The molecule has 1 saturated heterocycles. The van der Waals surface area contributed by atoms with Crippen LogP contribution in [0.5, 0.6) is 0 Å². The molecule has 6 nitrogen and oxygen atoms in total. The van der Waals surface area contributed by atoms with Crippen LogP contribution >= 0.6 is 0 Å². The lowest BCUT2D eigenvalue weighted by molar-refractivity contribution is -0.142. The molecule has 0 aliphatic carbocycles. The number of esters is 1. The summed E-state index contributed by atoms with van der Waals surface area (Å²) in [5.41, 5.74) is -1.94. The molecule has 2 rings (SSSR count). The molecule has 1 atom stereocenters. The van der Waals surface area contributed by atoms with Crippen LogP contribution in [0.4, 0.5) is 8.78 Å². The van der Waals surface area contributed by atoms with E-state index in [1.54, 1.807) is 0 Å². The summed E-state index contributed by atoms with van der Waals surface area (Å²) in [6.07, 6.45) is -1.67. The van der Waals surface area contributed by atoms with Crippen molar-refractivity contribution in [1.29, 1.82) is 0 Å². The van der Waals surface area contributed by atoms with Crippen LogP contribution in [0.2, 0.25) is 0 Å². The van der Waals surface area contributed by atoms with Gasteiger partial charge in [0.25, 0.3) is 0 Å². The molecule has 0 spiro atoms. The Labute approximate surface area is 151 Å². The quantitative estimate of drug-likeness (QED) is 0.484. The average Bonchev–Trinajstić information content (AvgIpc) is 2.75. The van der Waals surface area contributed by atoms with E-state index in [2.05, 4.69) is 0 Å². The Morgan fingerprint density at radius 2 is 1.77 bits per heavy atom. The van der Waals surface area contributed by atoms with Crippen LogP contribution in [0.25, 0.3) is 0 Å². The van der Waals surface area contributed by atoms with Gasteiger partial charge in [-0.1, -0.05) is 6.07 Å². The number of carbonyl (C=O) groups is 1. The van der Waals surface area contributed by atoms with Crippen LogP contribution in [0, 0.1) is 11.6 Å². The number of aliphatic hydroxyl groups is 1. The first-order valence-corrected chi connectivity index (χ1v) is 8.11. The minimum absolute atomic E-state index is 0.120. The first-order chi connectivity index (χ1) is 11.9. The molecule has 0 amide bonds. The zero-order valence-electron chi connectivity index (χ0n) is 15.7. The van der Waals surface area contributed by atoms with E-state index in [1.807, 2.05) is 27.7 Å². The number of methoxy groups -OCH3 is 1. The molecule has 1 aliphatic heterocycles. The Hall–Kier alpha value is -1.55. The Bertz CT molecular complexity index is 691. The molecule has 144 valence electrons. The van der Waals surface area contributed by atoms with Crippen LogP contribution < -0.4 is 5.46 Å². The molecule has 0 bridgehead atoms. The molecular weight excluding hydrogens is 349 g/mol. The molecule has 26 heavy (non-hydrogen) atoms. The average molecular weight is 372 g/mol. The molecule has 0 radical (unpaired) electrons. The van der Waals surface area contributed by atoms with Gasteiger partial charge in [0.15, 0.2) is 17.9 Å². The van der Waals surface area contributed by atoms with Crippen molar-refractivity contribution >= 4 is 18.6 Å². The summed E-state index contributed by atoms with van der Waals surface area (Å²) < 4.78 is 50.3. The van der Waals surface area contributed by atoms with E-state index in [-0.39, 0.29) is 11.0 Å². The molecule has 1 heterocycles. The number of hydrogen-bond acceptors (Lipinski definition) is 6. The molecule has 0 saturated carbocycles. The largest absolute Gasteiger partial charge is 0.495 e. The molecular formula is C17H23BF2O6. The van der Waals surface area contributed by atoms with E-state index in [1.165, 1.54) is 6.07 Å². The number of rotatable bonds is 5. The second-order valence-electron chi connectivity index (χ2n) is 7.12. The Kier molecular flexibility index (Phi) is 5.77. The smallest absolute Gasteiger partial charge is 0.461 e. The standard InChI is InChI=1S/C17H23BF2O6/c1-9(21)24-8-11-12(18-25-16(2,3)17(4,5)26-18)7-10(15(22)23-6)13(19)14(11)20/h7,15,22H,8H2,1-6H3. The van der Waals surface area contributed by atoms with Gasteiger partial charge in [-0.3, -0.25) is 4.79 Å². The van der Waals surface area contributed by atoms with E-state index in [9.17, 15) is 18.7 Å². The van der Waals surface area contributed by atoms with Gasteiger partial charge >= 0.3 is 13.1 Å². The van der Waals surface area contributed by atoms with Crippen molar-refractivity contribution in [1.82, 2.24) is 0 Å². The Morgan fingerprint density at radius 3 is 2.23 bits per heavy atom. The van der Waals surface area contributed by atoms with Crippen LogP contribution in [0.3, 0.4) is 0 Å². The van der Waals surface area contributed by atoms with Crippen molar-refractivity contribution in [3.05, 3.63) is 28.8 Å². The zero-order valence-corrected chi connectivity index (χ0v) is 15.7. The predicted octanol–water partition coefficient (Wildman–Crippen LogP) is 1.96. The van der Waals surface area contributed by atoms with Gasteiger partial charge in [0.05, 0.1) is 11.2 Å². The minimum atomic E-state index is -1.67. The number of hydrogen-bond donors (Lipinski definition) is 1. The fourth-order valence-corrected chi connectivity index (χ4v) is 2.51. The molecule has 9 heteroatoms. The molecule has 0 aromatic heterocycles. The third-order valence-electron chi connectivity index (χ3n) is 4.79. The van der Waals surface area contributed by atoms with Crippen molar-refractivity contribution in [3.63, 3.8) is 0 Å². The first-order valence-electron chi connectivity index (χ1n) is 8.11. The predicted molar refractivity (Wildman–Crippen MR) is 89.5 cm³/mol. The van der Waals surface area contributed by atoms with Crippen molar-refractivity contribution in [2.75, 3.05) is 7.11 Å². The highest BCUT2D eigenvalue weighted by atomic mass is 19.2. The maximum absolute atomic E-state index is 14.7. The van der Waals surface area contributed by atoms with E-state index in [0.717, 1.165) is 14.0 Å². The number of benzene rings is 1. The van der Waals surface area contributed by atoms with Crippen molar-refractivity contribution in [2.45, 2.75) is 58.7 Å². The van der Waals surface area contributed by atoms with E-state index >= 15 is 0 Å². The molecule has 1 fully saturated rings. The van der Waals surface area contributed by atoms with Crippen LogP contribution in [0.15, 0.2) is 6.07 Å². The van der Waals surface area contributed by atoms with Gasteiger partial charge in [0, 0.05) is 25.2 Å². The van der Waals surface area contributed by atoms with Gasteiger partial charge < -0.3 is 23.9 Å². The van der Waals surface area contributed by atoms with Gasteiger partial charge in [0.1, 0.15) is 6.61 Å². The van der Waals surface area contributed by atoms with Gasteiger partial charge in [-0.05, 0) is 33.2 Å². The second-order valence-corrected chi connectivity index (χ2v) is 7.12. The van der Waals surface area contributed by atoms with Gasteiger partial charge in [-0.2, -0.15) is 0 Å². The summed E-state index contributed by atoms with van der Waals surface area (Å²) in [5, 5.41) is 9.82. The third-order valence-corrected chi connectivity index (χ3v) is 4.79. The van der Waals surface area contributed by atoms with Gasteiger partial charge in [0.2, 0.25) is 0 Å². The monoisotopic (exact) mass is 372 g/mol. The summed E-state index contributed by atoms with van der Waals surface area (Å²) >= 11 is 0. The van der Waals surface area contributed by atoms with Crippen molar-refractivity contribution in [3.8, 4) is 0 Å². The van der Waals surface area contributed by atoms with E-state index in [0.29, 0.717) is 0 Å². The molecule has 1 aromatic rings. The van der Waals surface area contributed by atoms with Crippen molar-refractivity contribution in [2.24, 2.45) is 0 Å². The number of ether oxygens (including phenoxy) is 2. The number of halogens is 2. The van der Waals surface area contributed by atoms with Crippen LogP contribution in [-0.4, -0.2) is 36.5 Å². The van der Waals surface area contributed by atoms with E-state index in [4.69, 9.17) is 18.8 Å². The number of carbonyl (C=O) groups excluding carboxylic acids is 1. The third kappa shape index (κ3) is 3.76. The van der Waals surface area contributed by atoms with Crippen molar-refractivity contribution < 1.29 is 37.5 Å². The second kappa shape index (κ2) is 7.23. The fraction of sp³-hybridized carbons (Fsp3) is 0.588. The lowest BCUT2D eigenvalue weighted by Crippen LogP contribution is -2.41. The number of aliphatic hydroxyl groups excluding tert-OH is 1. The summed E-state index contributed by atoms with van der Waals surface area (Å²) in [4.78, 5) is 11.1.